The molecule has 0 aromatic heterocycles. The lowest BCUT2D eigenvalue weighted by Gasteiger charge is -2.41. The van der Waals surface area contributed by atoms with Crippen LogP contribution in [-0.4, -0.2) is 36.6 Å². The van der Waals surface area contributed by atoms with Crippen LogP contribution < -0.4 is 5.32 Å². The zero-order valence-electron chi connectivity index (χ0n) is 24.7. The maximum atomic E-state index is 4.14. The van der Waals surface area contributed by atoms with Gasteiger partial charge in [0.05, 0.1) is 0 Å². The first-order valence-electron chi connectivity index (χ1n) is 15.9. The molecule has 0 aromatic rings. The second-order valence-electron chi connectivity index (χ2n) is 12.4. The van der Waals surface area contributed by atoms with Crippen molar-refractivity contribution in [2.75, 3.05) is 13.6 Å². The van der Waals surface area contributed by atoms with Gasteiger partial charge in [-0.2, -0.15) is 0 Å². The number of nitrogens with zero attached hydrogens (tertiary/aromatic N) is 1. The van der Waals surface area contributed by atoms with Gasteiger partial charge >= 0.3 is 0 Å². The summed E-state index contributed by atoms with van der Waals surface area (Å²) in [5, 5.41) is 4.14. The van der Waals surface area contributed by atoms with Gasteiger partial charge in [-0.1, -0.05) is 118 Å². The van der Waals surface area contributed by atoms with E-state index in [1.165, 1.54) is 141 Å². The zero-order valence-corrected chi connectivity index (χ0v) is 24.7. The Morgan fingerprint density at radius 1 is 0.676 bits per heavy atom. The molecule has 1 aliphatic carbocycles. The van der Waals surface area contributed by atoms with Crippen molar-refractivity contribution in [3.05, 3.63) is 0 Å². The summed E-state index contributed by atoms with van der Waals surface area (Å²) >= 11 is 0. The minimum atomic E-state index is 0.511. The first-order chi connectivity index (χ1) is 16.5. The van der Waals surface area contributed by atoms with E-state index in [-0.39, 0.29) is 0 Å². The number of unbranched alkanes of at least 4 members (excludes halogenated alkanes) is 9. The lowest BCUT2D eigenvalue weighted by Crippen LogP contribution is -2.46. The van der Waals surface area contributed by atoms with Crippen molar-refractivity contribution in [3.63, 3.8) is 0 Å². The van der Waals surface area contributed by atoms with Gasteiger partial charge in [-0.25, -0.2) is 0 Å². The van der Waals surface area contributed by atoms with Crippen LogP contribution in [0, 0.1) is 5.41 Å². The summed E-state index contributed by atoms with van der Waals surface area (Å²) in [5.74, 6) is 0. The van der Waals surface area contributed by atoms with Crippen LogP contribution in [-0.2, 0) is 0 Å². The Kier molecular flexibility index (Phi) is 18.8. The van der Waals surface area contributed by atoms with Crippen LogP contribution in [0.3, 0.4) is 0 Å². The summed E-state index contributed by atoms with van der Waals surface area (Å²) in [6.07, 6.45) is 29.3. The van der Waals surface area contributed by atoms with Crippen molar-refractivity contribution in [3.8, 4) is 0 Å². The van der Waals surface area contributed by atoms with E-state index in [0.29, 0.717) is 5.41 Å². The van der Waals surface area contributed by atoms with E-state index < -0.39 is 0 Å². The predicted octanol–water partition coefficient (Wildman–Crippen LogP) is 9.91. The molecular formula is C32H66N2. The summed E-state index contributed by atoms with van der Waals surface area (Å²) in [4.78, 5) is 2.77. The summed E-state index contributed by atoms with van der Waals surface area (Å²) < 4.78 is 0. The number of hydrogen-bond acceptors (Lipinski definition) is 2. The Hall–Kier alpha value is -0.0800. The molecule has 2 nitrogen and oxygen atoms in total. The predicted molar refractivity (Wildman–Crippen MR) is 155 cm³/mol. The maximum Gasteiger partial charge on any atom is 0.00936 e. The van der Waals surface area contributed by atoms with Crippen molar-refractivity contribution < 1.29 is 0 Å². The molecule has 0 spiro atoms. The van der Waals surface area contributed by atoms with Crippen LogP contribution >= 0.6 is 0 Å². The van der Waals surface area contributed by atoms with Gasteiger partial charge in [-0.3, -0.25) is 0 Å². The topological polar surface area (TPSA) is 15.3 Å². The smallest absolute Gasteiger partial charge is 0.00936 e. The molecule has 0 aromatic carbocycles. The van der Waals surface area contributed by atoms with Crippen molar-refractivity contribution in [2.45, 2.75) is 188 Å². The second kappa shape index (κ2) is 20.0. The molecule has 0 bridgehead atoms. The highest BCUT2D eigenvalue weighted by Gasteiger charge is 2.30. The van der Waals surface area contributed by atoms with Crippen molar-refractivity contribution in [1.29, 1.82) is 0 Å². The van der Waals surface area contributed by atoms with Crippen LogP contribution in [0.4, 0.5) is 0 Å². The molecule has 204 valence electrons. The van der Waals surface area contributed by atoms with Gasteiger partial charge in [0.25, 0.3) is 0 Å². The van der Waals surface area contributed by atoms with Crippen LogP contribution in [0.2, 0.25) is 0 Å². The molecule has 1 N–H and O–H groups in total. The molecule has 1 aliphatic rings. The van der Waals surface area contributed by atoms with Gasteiger partial charge in [0.2, 0.25) is 0 Å². The fraction of sp³-hybridized carbons (Fsp3) is 1.00. The molecule has 34 heavy (non-hydrogen) atoms. The minimum absolute atomic E-state index is 0.511. The molecule has 1 saturated carbocycles. The normalized spacial score (nSPS) is 21.6. The molecule has 0 aliphatic heterocycles. The molecule has 0 heterocycles. The van der Waals surface area contributed by atoms with Crippen molar-refractivity contribution in [1.82, 2.24) is 10.2 Å². The highest BCUT2D eigenvalue weighted by Crippen LogP contribution is 2.34. The molecule has 0 amide bonds. The lowest BCUT2D eigenvalue weighted by molar-refractivity contribution is 0.0981. The zero-order chi connectivity index (χ0) is 25.1. The fourth-order valence-electron chi connectivity index (χ4n) is 6.37. The highest BCUT2D eigenvalue weighted by molar-refractivity contribution is 4.87. The average molecular weight is 479 g/mol. The molecule has 1 rings (SSSR count). The third kappa shape index (κ3) is 14.5. The first kappa shape index (κ1) is 31.9. The van der Waals surface area contributed by atoms with E-state index >= 15 is 0 Å². The van der Waals surface area contributed by atoms with E-state index in [1.54, 1.807) is 0 Å². The molecule has 0 saturated heterocycles. The number of hydrogen-bond donors (Lipinski definition) is 1. The molecule has 2 unspecified atom stereocenters. The Morgan fingerprint density at radius 3 is 1.82 bits per heavy atom. The molecule has 1 fully saturated rings. The summed E-state index contributed by atoms with van der Waals surface area (Å²) in [6.45, 7) is 13.2. The molecule has 0 radical (unpaired) electrons. The van der Waals surface area contributed by atoms with Crippen LogP contribution in [0.15, 0.2) is 0 Å². The van der Waals surface area contributed by atoms with Crippen LogP contribution in [0.5, 0.6) is 0 Å². The van der Waals surface area contributed by atoms with E-state index in [0.717, 1.165) is 18.1 Å². The van der Waals surface area contributed by atoms with Gasteiger partial charge in [0.1, 0.15) is 0 Å². The Labute approximate surface area is 216 Å². The van der Waals surface area contributed by atoms with Crippen LogP contribution in [0.1, 0.15) is 169 Å². The summed E-state index contributed by atoms with van der Waals surface area (Å²) in [7, 11) is 2.44. The van der Waals surface area contributed by atoms with Crippen molar-refractivity contribution in [2.24, 2.45) is 5.41 Å². The monoisotopic (exact) mass is 479 g/mol. The SMILES string of the molecule is CCCCCCCC(CCCC)NC1CCC(N(C)CC(C)(CCCC)CCCCCC)CC1. The van der Waals surface area contributed by atoms with Gasteiger partial charge < -0.3 is 10.2 Å². The molecule has 2 heteroatoms. The van der Waals surface area contributed by atoms with Crippen molar-refractivity contribution >= 4 is 0 Å². The second-order valence-corrected chi connectivity index (χ2v) is 12.4. The first-order valence-corrected chi connectivity index (χ1v) is 15.9. The third-order valence-electron chi connectivity index (χ3n) is 8.75. The van der Waals surface area contributed by atoms with Gasteiger partial charge in [-0.15, -0.1) is 0 Å². The molecular weight excluding hydrogens is 412 g/mol. The number of rotatable bonds is 22. The lowest BCUT2D eigenvalue weighted by atomic mass is 9.78. The maximum absolute atomic E-state index is 4.14. The fourth-order valence-corrected chi connectivity index (χ4v) is 6.37. The summed E-state index contributed by atoms with van der Waals surface area (Å²) in [6, 6.07) is 2.33. The Balaban J connectivity index is 2.46. The minimum Gasteiger partial charge on any atom is -0.311 e. The Bertz CT molecular complexity index is 442. The van der Waals surface area contributed by atoms with Crippen LogP contribution in [0.25, 0.3) is 0 Å². The highest BCUT2D eigenvalue weighted by atomic mass is 15.1. The number of nitrogens with one attached hydrogen (secondary N) is 1. The standard InChI is InChI=1S/C32H66N2/c1-7-11-15-17-18-21-29(20-13-9-3)33-30-22-24-31(25-23-30)34(6)28-32(5,26-14-10-4)27-19-16-12-8-2/h29-31,33H,7-28H2,1-6H3. The van der Waals surface area contributed by atoms with Gasteiger partial charge in [0, 0.05) is 24.7 Å². The Morgan fingerprint density at radius 2 is 1.21 bits per heavy atom. The average Bonchev–Trinajstić information content (AvgIpc) is 2.84. The quantitative estimate of drug-likeness (QED) is 0.156. The van der Waals surface area contributed by atoms with Gasteiger partial charge in [0.15, 0.2) is 0 Å². The van der Waals surface area contributed by atoms with E-state index in [4.69, 9.17) is 0 Å². The van der Waals surface area contributed by atoms with Gasteiger partial charge in [-0.05, 0) is 63.8 Å². The van der Waals surface area contributed by atoms with E-state index in [1.807, 2.05) is 0 Å². The molecule has 2 atom stereocenters. The third-order valence-corrected chi connectivity index (χ3v) is 8.75. The van der Waals surface area contributed by atoms with E-state index in [2.05, 4.69) is 51.9 Å². The largest absolute Gasteiger partial charge is 0.311 e. The van der Waals surface area contributed by atoms with E-state index in [9.17, 15) is 0 Å². The summed E-state index contributed by atoms with van der Waals surface area (Å²) in [5.41, 5.74) is 0.511.